The molecule has 0 saturated carbocycles. The van der Waals surface area contributed by atoms with E-state index < -0.39 is 0 Å². The van der Waals surface area contributed by atoms with Gasteiger partial charge in [-0.2, -0.15) is 11.8 Å². The first-order valence-corrected chi connectivity index (χ1v) is 7.85. The van der Waals surface area contributed by atoms with E-state index in [1.807, 2.05) is 24.3 Å². The van der Waals surface area contributed by atoms with Gasteiger partial charge < -0.3 is 15.7 Å². The van der Waals surface area contributed by atoms with Crippen LogP contribution in [-0.2, 0) is 5.75 Å². The molecule has 5 heteroatoms. The summed E-state index contributed by atoms with van der Waals surface area (Å²) in [6.45, 7) is 1.89. The van der Waals surface area contributed by atoms with Crippen LogP contribution in [-0.4, -0.2) is 43.0 Å². The van der Waals surface area contributed by atoms with E-state index in [0.29, 0.717) is 18.7 Å². The van der Waals surface area contributed by atoms with Gasteiger partial charge in [0, 0.05) is 36.9 Å². The summed E-state index contributed by atoms with van der Waals surface area (Å²) in [7, 11) is 0. The maximum Gasteiger partial charge on any atom is 0.251 e. The molecule has 1 aliphatic heterocycles. The predicted molar refractivity (Wildman–Crippen MR) is 78.4 cm³/mol. The zero-order chi connectivity index (χ0) is 13.7. The van der Waals surface area contributed by atoms with Gasteiger partial charge in [-0.15, -0.1) is 0 Å². The van der Waals surface area contributed by atoms with Crippen molar-refractivity contribution in [2.75, 3.05) is 25.9 Å². The molecule has 1 aromatic carbocycles. The van der Waals surface area contributed by atoms with Gasteiger partial charge in [0.15, 0.2) is 0 Å². The van der Waals surface area contributed by atoms with Gasteiger partial charge in [-0.05, 0) is 24.0 Å². The summed E-state index contributed by atoms with van der Waals surface area (Å²) in [5, 5.41) is 15.6. The fourth-order valence-electron chi connectivity index (χ4n) is 2.17. The molecule has 1 amide bonds. The van der Waals surface area contributed by atoms with Gasteiger partial charge in [-0.1, -0.05) is 12.1 Å². The molecular weight excluding hydrogens is 260 g/mol. The van der Waals surface area contributed by atoms with E-state index in [9.17, 15) is 9.90 Å². The van der Waals surface area contributed by atoms with Gasteiger partial charge in [-0.3, -0.25) is 4.79 Å². The highest BCUT2D eigenvalue weighted by Gasteiger charge is 2.25. The van der Waals surface area contributed by atoms with Crippen molar-refractivity contribution in [1.29, 1.82) is 0 Å². The van der Waals surface area contributed by atoms with Crippen molar-refractivity contribution >= 4 is 17.7 Å². The monoisotopic (exact) mass is 280 g/mol. The highest BCUT2D eigenvalue weighted by molar-refractivity contribution is 7.97. The molecule has 0 spiro atoms. The molecule has 1 heterocycles. The van der Waals surface area contributed by atoms with Crippen molar-refractivity contribution in [1.82, 2.24) is 10.6 Å². The molecule has 1 saturated heterocycles. The minimum atomic E-state index is -0.357. The molecule has 0 aliphatic carbocycles. The number of carbonyl (C=O) groups is 1. The van der Waals surface area contributed by atoms with Gasteiger partial charge in [0.1, 0.15) is 0 Å². The molecule has 0 aromatic heterocycles. The third kappa shape index (κ3) is 3.96. The Morgan fingerprint density at radius 3 is 2.74 bits per heavy atom. The van der Waals surface area contributed by atoms with E-state index in [2.05, 4.69) is 16.9 Å². The number of nitrogens with one attached hydrogen (secondary N) is 2. The molecular formula is C14H20N2O2S. The number of rotatable bonds is 5. The van der Waals surface area contributed by atoms with Crippen LogP contribution in [0.25, 0.3) is 0 Å². The van der Waals surface area contributed by atoms with Crippen LogP contribution >= 0.6 is 11.8 Å². The Morgan fingerprint density at radius 1 is 1.42 bits per heavy atom. The second-order valence-corrected chi connectivity index (χ2v) is 5.69. The molecule has 0 bridgehead atoms. The second-order valence-electron chi connectivity index (χ2n) is 4.83. The van der Waals surface area contributed by atoms with Gasteiger partial charge in [0.2, 0.25) is 0 Å². The standard InChI is InChI=1S/C14H20N2O2S/c1-19-9-10-2-4-11(5-3-10)14(18)16-7-12-6-15-8-13(12)17/h2-5,12-13,15,17H,6-9H2,1H3,(H,16,18). The first kappa shape index (κ1) is 14.4. The number of aliphatic hydroxyl groups is 1. The van der Waals surface area contributed by atoms with Crippen LogP contribution in [0.3, 0.4) is 0 Å². The summed E-state index contributed by atoms with van der Waals surface area (Å²) in [5.41, 5.74) is 1.89. The molecule has 19 heavy (non-hydrogen) atoms. The average Bonchev–Trinajstić information content (AvgIpc) is 2.83. The SMILES string of the molecule is CSCc1ccc(C(=O)NCC2CNCC2O)cc1. The normalized spacial score (nSPS) is 22.4. The fraction of sp³-hybridized carbons (Fsp3) is 0.500. The second kappa shape index (κ2) is 6.93. The predicted octanol–water partition coefficient (Wildman–Crippen LogP) is 0.860. The zero-order valence-electron chi connectivity index (χ0n) is 11.1. The number of hydrogen-bond acceptors (Lipinski definition) is 4. The Hall–Kier alpha value is -1.04. The number of amides is 1. The van der Waals surface area contributed by atoms with Gasteiger partial charge in [0.25, 0.3) is 5.91 Å². The van der Waals surface area contributed by atoms with Crippen molar-refractivity contribution < 1.29 is 9.90 Å². The minimum Gasteiger partial charge on any atom is -0.391 e. The van der Waals surface area contributed by atoms with Crippen molar-refractivity contribution in [3.8, 4) is 0 Å². The molecule has 4 nitrogen and oxygen atoms in total. The first-order chi connectivity index (χ1) is 9.20. The molecule has 0 radical (unpaired) electrons. The molecule has 1 fully saturated rings. The summed E-state index contributed by atoms with van der Waals surface area (Å²) in [5.74, 6) is 0.997. The summed E-state index contributed by atoms with van der Waals surface area (Å²) >= 11 is 1.76. The van der Waals surface area contributed by atoms with Crippen LogP contribution in [0.15, 0.2) is 24.3 Å². The van der Waals surface area contributed by atoms with E-state index in [1.54, 1.807) is 11.8 Å². The Morgan fingerprint density at radius 2 is 2.16 bits per heavy atom. The van der Waals surface area contributed by atoms with Crippen LogP contribution in [0.2, 0.25) is 0 Å². The number of benzene rings is 1. The Bertz CT molecular complexity index is 422. The Labute approximate surface area is 118 Å². The molecule has 1 aromatic rings. The number of β-amino-alcohol motifs (C(OH)–C–C–N with tert-alkyl or cyclic N) is 1. The van der Waals surface area contributed by atoms with Crippen LogP contribution < -0.4 is 10.6 Å². The van der Waals surface area contributed by atoms with Crippen LogP contribution in [0, 0.1) is 5.92 Å². The van der Waals surface area contributed by atoms with Crippen molar-refractivity contribution in [2.45, 2.75) is 11.9 Å². The summed E-state index contributed by atoms with van der Waals surface area (Å²) in [6, 6.07) is 7.67. The lowest BCUT2D eigenvalue weighted by molar-refractivity contribution is 0.0927. The first-order valence-electron chi connectivity index (χ1n) is 6.45. The third-order valence-corrected chi connectivity index (χ3v) is 3.98. The summed E-state index contributed by atoms with van der Waals surface area (Å²) in [4.78, 5) is 12.0. The van der Waals surface area contributed by atoms with Crippen LogP contribution in [0.4, 0.5) is 0 Å². The number of carbonyl (C=O) groups excluding carboxylic acids is 1. The van der Waals surface area contributed by atoms with Crippen LogP contribution in [0.5, 0.6) is 0 Å². The topological polar surface area (TPSA) is 61.4 Å². The fourth-order valence-corrected chi connectivity index (χ4v) is 2.70. The van der Waals surface area contributed by atoms with E-state index in [4.69, 9.17) is 0 Å². The lowest BCUT2D eigenvalue weighted by Crippen LogP contribution is -2.34. The van der Waals surface area contributed by atoms with Crippen molar-refractivity contribution in [2.24, 2.45) is 5.92 Å². The summed E-state index contributed by atoms with van der Waals surface area (Å²) < 4.78 is 0. The van der Waals surface area contributed by atoms with Gasteiger partial charge >= 0.3 is 0 Å². The highest BCUT2D eigenvalue weighted by Crippen LogP contribution is 2.11. The van der Waals surface area contributed by atoms with E-state index in [0.717, 1.165) is 12.3 Å². The molecule has 1 aliphatic rings. The maximum atomic E-state index is 12.0. The van der Waals surface area contributed by atoms with E-state index in [-0.39, 0.29) is 17.9 Å². The summed E-state index contributed by atoms with van der Waals surface area (Å²) in [6.07, 6.45) is 1.70. The molecule has 2 atom stereocenters. The molecule has 3 N–H and O–H groups in total. The lowest BCUT2D eigenvalue weighted by atomic mass is 10.1. The molecule has 2 rings (SSSR count). The smallest absolute Gasteiger partial charge is 0.251 e. The lowest BCUT2D eigenvalue weighted by Gasteiger charge is -2.14. The number of thioether (sulfide) groups is 1. The van der Waals surface area contributed by atoms with Crippen molar-refractivity contribution in [3.05, 3.63) is 35.4 Å². The molecule has 104 valence electrons. The third-order valence-electron chi connectivity index (χ3n) is 3.36. The number of hydrogen-bond donors (Lipinski definition) is 3. The minimum absolute atomic E-state index is 0.0743. The number of aliphatic hydroxyl groups excluding tert-OH is 1. The van der Waals surface area contributed by atoms with E-state index in [1.165, 1.54) is 5.56 Å². The van der Waals surface area contributed by atoms with Gasteiger partial charge in [0.05, 0.1) is 6.10 Å². The zero-order valence-corrected chi connectivity index (χ0v) is 11.9. The average molecular weight is 280 g/mol. The largest absolute Gasteiger partial charge is 0.391 e. The van der Waals surface area contributed by atoms with Crippen LogP contribution in [0.1, 0.15) is 15.9 Å². The Balaban J connectivity index is 1.85. The molecule has 2 unspecified atom stereocenters. The highest BCUT2D eigenvalue weighted by atomic mass is 32.2. The maximum absolute atomic E-state index is 12.0. The van der Waals surface area contributed by atoms with E-state index >= 15 is 0 Å². The Kier molecular flexibility index (Phi) is 5.24. The van der Waals surface area contributed by atoms with Gasteiger partial charge in [-0.25, -0.2) is 0 Å². The van der Waals surface area contributed by atoms with Crippen molar-refractivity contribution in [3.63, 3.8) is 0 Å². The quantitative estimate of drug-likeness (QED) is 0.749.